The van der Waals surface area contributed by atoms with E-state index in [9.17, 15) is 39.2 Å². The van der Waals surface area contributed by atoms with Crippen LogP contribution in [-0.2, 0) is 44.6 Å². The van der Waals surface area contributed by atoms with Crippen molar-refractivity contribution in [2.45, 2.75) is 102 Å². The smallest absolute Gasteiger partial charge is 0.465 e. The summed E-state index contributed by atoms with van der Waals surface area (Å²) in [4.78, 5) is 79.0. The Balaban J connectivity index is 1.23. The maximum absolute atomic E-state index is 17.7. The highest BCUT2D eigenvalue weighted by atomic mass is 19.1. The summed E-state index contributed by atoms with van der Waals surface area (Å²) in [6, 6.07) is 5.02. The number of Topliss-reactive ketones (excluding diaryl/α,β-unsaturated/α-hetero) is 1. The number of allylic oxidation sites excluding steroid dienone is 4. The minimum absolute atomic E-state index is 0.0202. The highest BCUT2D eigenvalue weighted by Gasteiger charge is 2.77. The molecule has 15 nitrogen and oxygen atoms in total. The van der Waals surface area contributed by atoms with E-state index in [-0.39, 0.29) is 56.9 Å². The zero-order valence-electron chi connectivity index (χ0n) is 31.5. The Kier molecular flexibility index (Phi) is 12.2. The van der Waals surface area contributed by atoms with Gasteiger partial charge in [-0.25, -0.2) is 9.18 Å². The van der Waals surface area contributed by atoms with E-state index in [1.54, 1.807) is 45.9 Å². The number of halogens is 1. The van der Waals surface area contributed by atoms with Crippen LogP contribution in [-0.4, -0.2) is 83.1 Å². The molecule has 0 spiro atoms. The second-order valence-electron chi connectivity index (χ2n) is 15.4. The zero-order chi connectivity index (χ0) is 40.3. The van der Waals surface area contributed by atoms with Gasteiger partial charge in [-0.15, -0.1) is 10.1 Å². The van der Waals surface area contributed by atoms with Gasteiger partial charge in [-0.2, -0.15) is 0 Å². The van der Waals surface area contributed by atoms with Crippen LogP contribution in [0.2, 0.25) is 0 Å². The first-order chi connectivity index (χ1) is 25.9. The third-order valence-corrected chi connectivity index (χ3v) is 12.3. The molecule has 1 aromatic rings. The summed E-state index contributed by atoms with van der Waals surface area (Å²) in [7, 11) is 0. The molecular formula is C39H49FN2O13. The number of ketones is 2. The number of hydrogen-bond acceptors (Lipinski definition) is 14. The van der Waals surface area contributed by atoms with E-state index >= 15 is 4.39 Å². The Labute approximate surface area is 317 Å². The summed E-state index contributed by atoms with van der Waals surface area (Å²) in [6.07, 6.45) is 3.07. The number of ether oxygens (including phenoxy) is 4. The lowest BCUT2D eigenvalue weighted by molar-refractivity contribution is -0.757. The van der Waals surface area contributed by atoms with Crippen LogP contribution in [0.3, 0.4) is 0 Å². The molecule has 9 atom stereocenters. The Morgan fingerprint density at radius 2 is 1.78 bits per heavy atom. The van der Waals surface area contributed by atoms with Gasteiger partial charge in [0.2, 0.25) is 5.78 Å². The molecule has 0 radical (unpaired) electrons. The highest BCUT2D eigenvalue weighted by molar-refractivity contribution is 5.94. The fraction of sp³-hybridized carbons (Fsp3) is 0.615. The number of carbonyl (C=O) groups is 5. The number of aliphatic hydroxyl groups excluding tert-OH is 1. The molecule has 4 aliphatic carbocycles. The molecule has 1 aromatic carbocycles. The highest BCUT2D eigenvalue weighted by Crippen LogP contribution is 2.71. The van der Waals surface area contributed by atoms with Crippen LogP contribution in [0.15, 0.2) is 48.1 Å². The first-order valence-electron chi connectivity index (χ1n) is 18.6. The Morgan fingerprint density at radius 3 is 2.45 bits per heavy atom. The Hall–Kier alpha value is -4.70. The van der Waals surface area contributed by atoms with Gasteiger partial charge in [0.1, 0.15) is 11.8 Å². The quantitative estimate of drug-likeness (QED) is 0.0478. The lowest BCUT2D eigenvalue weighted by Gasteiger charge is -2.62. The van der Waals surface area contributed by atoms with Crippen LogP contribution < -0.4 is 10.5 Å². The summed E-state index contributed by atoms with van der Waals surface area (Å²) in [5, 5.41) is 21.0. The monoisotopic (exact) mass is 772 g/mol. The second-order valence-corrected chi connectivity index (χ2v) is 15.4. The number of unbranched alkanes of at least 4 members (excludes halogenated alkanes) is 1. The molecule has 0 heterocycles. The summed E-state index contributed by atoms with van der Waals surface area (Å²) < 4.78 is 39.4. The molecule has 0 saturated heterocycles. The van der Waals surface area contributed by atoms with Crippen LogP contribution >= 0.6 is 0 Å². The molecule has 0 unspecified atom stereocenters. The van der Waals surface area contributed by atoms with Gasteiger partial charge in [0.25, 0.3) is 5.09 Å². The molecule has 0 aromatic heterocycles. The normalized spacial score (nSPS) is 32.5. The maximum Gasteiger partial charge on any atom is 0.514 e. The van der Waals surface area contributed by atoms with Gasteiger partial charge in [0, 0.05) is 35.5 Å². The number of rotatable bonds is 15. The minimum Gasteiger partial charge on any atom is -0.465 e. The van der Waals surface area contributed by atoms with Crippen molar-refractivity contribution < 1.29 is 62.3 Å². The van der Waals surface area contributed by atoms with E-state index in [4.69, 9.17) is 24.7 Å². The van der Waals surface area contributed by atoms with Crippen molar-refractivity contribution in [3.8, 4) is 5.75 Å². The van der Waals surface area contributed by atoms with Crippen LogP contribution in [0.5, 0.6) is 5.75 Å². The van der Waals surface area contributed by atoms with Crippen LogP contribution in [0.25, 0.3) is 0 Å². The van der Waals surface area contributed by atoms with Gasteiger partial charge in [0.05, 0.1) is 19.3 Å². The number of fused-ring (bicyclic) bond motifs is 5. The van der Waals surface area contributed by atoms with Crippen LogP contribution in [0, 0.1) is 38.7 Å². The number of aliphatic hydroxyl groups is 1. The molecule has 0 aliphatic heterocycles. The van der Waals surface area contributed by atoms with Gasteiger partial charge in [-0.1, -0.05) is 50.6 Å². The van der Waals surface area contributed by atoms with E-state index in [0.717, 1.165) is 0 Å². The lowest BCUT2D eigenvalue weighted by Crippen LogP contribution is -2.69. The van der Waals surface area contributed by atoms with E-state index in [1.165, 1.54) is 18.2 Å². The van der Waals surface area contributed by atoms with Crippen molar-refractivity contribution in [3.63, 3.8) is 0 Å². The van der Waals surface area contributed by atoms with Crippen molar-refractivity contribution in [1.82, 2.24) is 0 Å². The average Bonchev–Trinajstić information content (AvgIpc) is 3.35. The molecular weight excluding hydrogens is 723 g/mol. The van der Waals surface area contributed by atoms with Gasteiger partial charge in [0.15, 0.2) is 23.7 Å². The molecule has 16 heteroatoms. The van der Waals surface area contributed by atoms with Crippen LogP contribution in [0.4, 0.5) is 9.18 Å². The molecule has 4 aliphatic rings. The molecule has 3 N–H and O–H groups in total. The third-order valence-electron chi connectivity index (χ3n) is 12.3. The topological polar surface area (TPSA) is 221 Å². The van der Waals surface area contributed by atoms with Crippen molar-refractivity contribution in [1.29, 1.82) is 0 Å². The largest absolute Gasteiger partial charge is 0.514 e. The average molecular weight is 773 g/mol. The summed E-state index contributed by atoms with van der Waals surface area (Å²) in [5.74, 6) is -4.05. The molecule has 0 amide bonds. The molecule has 5 rings (SSSR count). The third kappa shape index (κ3) is 7.62. The maximum atomic E-state index is 17.7. The first-order valence-corrected chi connectivity index (χ1v) is 18.6. The molecule has 55 heavy (non-hydrogen) atoms. The Bertz CT molecular complexity index is 1750. The lowest BCUT2D eigenvalue weighted by atomic mass is 9.45. The predicted octanol–water partition coefficient (Wildman–Crippen LogP) is 4.48. The Morgan fingerprint density at radius 1 is 1.09 bits per heavy atom. The van der Waals surface area contributed by atoms with Crippen molar-refractivity contribution in [2.24, 2.45) is 34.3 Å². The molecule has 0 bridgehead atoms. The van der Waals surface area contributed by atoms with Gasteiger partial charge >= 0.3 is 18.1 Å². The zero-order valence-corrected chi connectivity index (χ0v) is 31.5. The summed E-state index contributed by atoms with van der Waals surface area (Å²) >= 11 is 0. The number of esters is 2. The fourth-order valence-electron chi connectivity index (χ4n) is 9.57. The van der Waals surface area contributed by atoms with Crippen LogP contribution in [0.1, 0.15) is 78.2 Å². The molecule has 2 saturated carbocycles. The minimum atomic E-state index is -2.16. The van der Waals surface area contributed by atoms with Crippen molar-refractivity contribution in [2.75, 3.05) is 19.8 Å². The van der Waals surface area contributed by atoms with E-state index < -0.39 is 87.6 Å². The summed E-state index contributed by atoms with van der Waals surface area (Å²) in [5.41, 5.74) is 0.694. The number of carbonyl (C=O) groups excluding carboxylic acids is 5. The first kappa shape index (κ1) is 41.5. The summed E-state index contributed by atoms with van der Waals surface area (Å²) in [6.45, 7) is 5.83. The predicted molar refractivity (Wildman–Crippen MR) is 190 cm³/mol. The van der Waals surface area contributed by atoms with Crippen molar-refractivity contribution in [3.05, 3.63) is 63.7 Å². The number of alkyl halides is 1. The second kappa shape index (κ2) is 16.2. The molecule has 300 valence electrons. The molecule has 2 fully saturated rings. The van der Waals surface area contributed by atoms with Crippen molar-refractivity contribution >= 4 is 29.7 Å². The fourth-order valence-corrected chi connectivity index (χ4v) is 9.57. The van der Waals surface area contributed by atoms with E-state index in [1.807, 2.05) is 6.08 Å². The van der Waals surface area contributed by atoms with Gasteiger partial charge < -0.3 is 34.6 Å². The van der Waals surface area contributed by atoms with E-state index in [2.05, 4.69) is 4.84 Å². The standard InChI is InChI=1S/C39H49FN2O13/c1-5-33(46)55-39(23(2)18-29-28-13-10-25-20-26(43)14-15-36(25,3)38(28,40)31(44)21-37(29,39)4)32(45)22-52-35(48)54-27-11-8-24(9-12-27)19-30(41)34(47)51-16-6-7-17-53-42(49)50/h8-12,14-15,23,28-31,44H,5-7,13,16-22,41H2,1-4H3/t23-,28-,29-,30-,31-,36-,37-,38-,39-/m0/s1. The SMILES string of the molecule is CCC(=O)O[C@]1(C(=O)COC(=O)Oc2ccc(C[C@H](N)C(=O)OCCCCO[N+](=O)[O-])cc2)[C@@H](C)C[C@H]2[C@@H]3CC=C4CC(=O)C=C[C@]4(C)[C@@]3(F)[C@@H](O)C[C@@]21C. The number of hydrogen-bond donors (Lipinski definition) is 2. The van der Waals surface area contributed by atoms with Gasteiger partial charge in [-0.3, -0.25) is 19.2 Å². The number of nitrogens with two attached hydrogens (primary N) is 1. The van der Waals surface area contributed by atoms with E-state index in [0.29, 0.717) is 30.4 Å². The number of nitrogens with zero attached hydrogens (tertiary/aromatic N) is 1. The number of benzene rings is 1. The van der Waals surface area contributed by atoms with Gasteiger partial charge in [-0.05, 0) is 75.1 Å².